The highest BCUT2D eigenvalue weighted by atomic mass is 16.5. The van der Waals surface area contributed by atoms with Crippen molar-refractivity contribution in [2.24, 2.45) is 11.5 Å². The minimum absolute atomic E-state index is 0.128. The van der Waals surface area contributed by atoms with Crippen LogP contribution in [0.3, 0.4) is 0 Å². The molecular formula is C8H15N3O3. The molecule has 1 aliphatic rings. The summed E-state index contributed by atoms with van der Waals surface area (Å²) < 4.78 is 5.03. The zero-order valence-corrected chi connectivity index (χ0v) is 7.91. The first kappa shape index (κ1) is 10.9. The fourth-order valence-corrected chi connectivity index (χ4v) is 1.24. The molecule has 0 radical (unpaired) electrons. The topological polar surface area (TPSA) is 107 Å². The van der Waals surface area contributed by atoms with Gasteiger partial charge in [-0.15, -0.1) is 0 Å². The van der Waals surface area contributed by atoms with Crippen LogP contribution in [-0.4, -0.2) is 37.1 Å². The van der Waals surface area contributed by atoms with Gasteiger partial charge in [-0.1, -0.05) is 0 Å². The molecule has 1 fully saturated rings. The van der Waals surface area contributed by atoms with E-state index in [0.29, 0.717) is 13.0 Å². The summed E-state index contributed by atoms with van der Waals surface area (Å²) in [6.07, 6.45) is 0.637. The van der Waals surface area contributed by atoms with E-state index in [0.717, 1.165) is 0 Å². The van der Waals surface area contributed by atoms with Gasteiger partial charge in [0.05, 0.1) is 6.61 Å². The first-order valence-corrected chi connectivity index (χ1v) is 4.48. The number of carbonyl (C=O) groups is 2. The molecule has 2 amide bonds. The summed E-state index contributed by atoms with van der Waals surface area (Å²) in [5, 5.41) is 2.55. The molecule has 0 spiro atoms. The second-order valence-corrected chi connectivity index (χ2v) is 3.43. The normalized spacial score (nSPS) is 26.1. The summed E-state index contributed by atoms with van der Waals surface area (Å²) in [5.41, 5.74) is 9.75. The highest BCUT2D eigenvalue weighted by Crippen LogP contribution is 2.14. The molecule has 80 valence electrons. The molecule has 0 bridgehead atoms. The molecular weight excluding hydrogens is 186 g/mol. The number of hydrogen-bond acceptors (Lipinski definition) is 4. The molecule has 0 aromatic heterocycles. The molecule has 14 heavy (non-hydrogen) atoms. The van der Waals surface area contributed by atoms with E-state index in [1.54, 1.807) is 0 Å². The lowest BCUT2D eigenvalue weighted by molar-refractivity contribution is -0.126. The fraction of sp³-hybridized carbons (Fsp3) is 0.750. The van der Waals surface area contributed by atoms with E-state index in [1.807, 2.05) is 0 Å². The van der Waals surface area contributed by atoms with Gasteiger partial charge in [-0.05, 0) is 6.42 Å². The predicted octanol–water partition coefficient (Wildman–Crippen LogP) is -1.90. The van der Waals surface area contributed by atoms with E-state index >= 15 is 0 Å². The Morgan fingerprint density at radius 1 is 1.50 bits per heavy atom. The summed E-state index contributed by atoms with van der Waals surface area (Å²) >= 11 is 0. The monoisotopic (exact) mass is 201 g/mol. The van der Waals surface area contributed by atoms with Crippen LogP contribution in [0.5, 0.6) is 0 Å². The summed E-state index contributed by atoms with van der Waals surface area (Å²) in [5.74, 6) is -0.727. The van der Waals surface area contributed by atoms with E-state index in [4.69, 9.17) is 16.2 Å². The molecule has 1 aliphatic heterocycles. The number of hydrogen-bond donors (Lipinski definition) is 3. The molecule has 0 aromatic carbocycles. The van der Waals surface area contributed by atoms with Crippen LogP contribution < -0.4 is 16.8 Å². The van der Waals surface area contributed by atoms with Crippen molar-refractivity contribution in [2.75, 3.05) is 19.8 Å². The molecule has 1 atom stereocenters. The second kappa shape index (κ2) is 4.39. The number of ether oxygens (including phenoxy) is 1. The van der Waals surface area contributed by atoms with Crippen molar-refractivity contribution in [3.05, 3.63) is 0 Å². The Morgan fingerprint density at radius 2 is 2.21 bits per heavy atom. The smallest absolute Gasteiger partial charge is 0.242 e. The van der Waals surface area contributed by atoms with Gasteiger partial charge in [0.25, 0.3) is 0 Å². The molecule has 6 nitrogen and oxygen atoms in total. The van der Waals surface area contributed by atoms with E-state index in [1.165, 1.54) is 0 Å². The van der Waals surface area contributed by atoms with Gasteiger partial charge < -0.3 is 21.5 Å². The summed E-state index contributed by atoms with van der Waals surface area (Å²) in [6.45, 7) is 0.961. The molecule has 0 aliphatic carbocycles. The van der Waals surface area contributed by atoms with Gasteiger partial charge in [0.2, 0.25) is 11.8 Å². The van der Waals surface area contributed by atoms with Crippen LogP contribution in [0.15, 0.2) is 0 Å². The van der Waals surface area contributed by atoms with Gasteiger partial charge in [0.15, 0.2) is 0 Å². The molecule has 1 rings (SSSR count). The first-order chi connectivity index (χ1) is 6.54. The van der Waals surface area contributed by atoms with Gasteiger partial charge in [0, 0.05) is 19.6 Å². The predicted molar refractivity (Wildman–Crippen MR) is 49.2 cm³/mol. The summed E-state index contributed by atoms with van der Waals surface area (Å²) in [7, 11) is 0. The van der Waals surface area contributed by atoms with E-state index in [2.05, 4.69) is 5.32 Å². The maximum absolute atomic E-state index is 11.5. The number of carbonyl (C=O) groups excluding carboxylic acids is 2. The number of nitrogens with one attached hydrogen (secondary N) is 1. The van der Waals surface area contributed by atoms with Gasteiger partial charge >= 0.3 is 0 Å². The zero-order valence-electron chi connectivity index (χ0n) is 7.91. The highest BCUT2D eigenvalue weighted by molar-refractivity contribution is 5.87. The lowest BCUT2D eigenvalue weighted by atomic mass is 9.99. The lowest BCUT2D eigenvalue weighted by Gasteiger charge is -2.20. The van der Waals surface area contributed by atoms with Crippen LogP contribution in [0.1, 0.15) is 12.8 Å². The molecule has 0 saturated carbocycles. The Bertz CT molecular complexity index is 236. The molecule has 1 heterocycles. The Morgan fingerprint density at radius 3 is 2.71 bits per heavy atom. The second-order valence-electron chi connectivity index (χ2n) is 3.43. The van der Waals surface area contributed by atoms with Crippen LogP contribution in [0, 0.1) is 0 Å². The average molecular weight is 201 g/mol. The van der Waals surface area contributed by atoms with Crippen LogP contribution >= 0.6 is 0 Å². The van der Waals surface area contributed by atoms with Crippen molar-refractivity contribution in [1.82, 2.24) is 5.32 Å². The Kier molecular flexibility index (Phi) is 3.43. The molecule has 6 heteroatoms. The molecule has 1 saturated heterocycles. The van der Waals surface area contributed by atoms with Crippen molar-refractivity contribution in [2.45, 2.75) is 18.4 Å². The van der Waals surface area contributed by atoms with Crippen LogP contribution in [0.2, 0.25) is 0 Å². The van der Waals surface area contributed by atoms with E-state index < -0.39 is 11.4 Å². The lowest BCUT2D eigenvalue weighted by Crippen LogP contribution is -2.54. The SMILES string of the molecule is NC(=O)CCNC(=O)C1(N)CCOC1. The number of rotatable bonds is 4. The summed E-state index contributed by atoms with van der Waals surface area (Å²) in [6, 6.07) is 0. The van der Waals surface area contributed by atoms with Gasteiger partial charge in [-0.25, -0.2) is 0 Å². The number of nitrogens with two attached hydrogens (primary N) is 2. The minimum atomic E-state index is -0.933. The van der Waals surface area contributed by atoms with Gasteiger partial charge in [-0.2, -0.15) is 0 Å². The Hall–Kier alpha value is -1.14. The van der Waals surface area contributed by atoms with Crippen molar-refractivity contribution in [1.29, 1.82) is 0 Å². The highest BCUT2D eigenvalue weighted by Gasteiger charge is 2.37. The largest absolute Gasteiger partial charge is 0.379 e. The third kappa shape index (κ3) is 2.68. The van der Waals surface area contributed by atoms with Crippen molar-refractivity contribution >= 4 is 11.8 Å². The zero-order chi connectivity index (χ0) is 10.6. The van der Waals surface area contributed by atoms with E-state index in [9.17, 15) is 9.59 Å². The molecule has 1 unspecified atom stereocenters. The maximum atomic E-state index is 11.5. The molecule has 0 aromatic rings. The van der Waals surface area contributed by atoms with Crippen LogP contribution in [-0.2, 0) is 14.3 Å². The maximum Gasteiger partial charge on any atom is 0.242 e. The fourth-order valence-electron chi connectivity index (χ4n) is 1.24. The van der Waals surface area contributed by atoms with Crippen molar-refractivity contribution < 1.29 is 14.3 Å². The third-order valence-electron chi connectivity index (χ3n) is 2.16. The molecule has 5 N–H and O–H groups in total. The van der Waals surface area contributed by atoms with Crippen molar-refractivity contribution in [3.63, 3.8) is 0 Å². The van der Waals surface area contributed by atoms with Gasteiger partial charge in [-0.3, -0.25) is 9.59 Å². The first-order valence-electron chi connectivity index (χ1n) is 4.48. The minimum Gasteiger partial charge on any atom is -0.379 e. The Labute approximate surface area is 82.0 Å². The Balaban J connectivity index is 2.30. The quantitative estimate of drug-likeness (QED) is 0.493. The average Bonchev–Trinajstić information content (AvgIpc) is 2.52. The standard InChI is InChI=1S/C8H15N3O3/c9-6(12)1-3-11-7(13)8(10)2-4-14-5-8/h1-5,10H2,(H2,9,12)(H,11,13). The third-order valence-corrected chi connectivity index (χ3v) is 2.16. The number of amides is 2. The number of primary amides is 1. The van der Waals surface area contributed by atoms with Crippen LogP contribution in [0.25, 0.3) is 0 Å². The van der Waals surface area contributed by atoms with E-state index in [-0.39, 0.29) is 25.5 Å². The summed E-state index contributed by atoms with van der Waals surface area (Å²) in [4.78, 5) is 21.9. The van der Waals surface area contributed by atoms with Crippen LogP contribution in [0.4, 0.5) is 0 Å². The van der Waals surface area contributed by atoms with Gasteiger partial charge in [0.1, 0.15) is 5.54 Å². The van der Waals surface area contributed by atoms with Crippen molar-refractivity contribution in [3.8, 4) is 0 Å².